The molecule has 6 nitrogen and oxygen atoms in total. The number of anilines is 1. The number of aliphatic carboxylic acids is 1. The van der Waals surface area contributed by atoms with Gasteiger partial charge in [0.05, 0.1) is 11.2 Å². The number of rotatable bonds is 1. The first kappa shape index (κ1) is 9.20. The molecule has 3 N–H and O–H groups in total. The quantitative estimate of drug-likeness (QED) is 0.593. The van der Waals surface area contributed by atoms with Gasteiger partial charge in [0.2, 0.25) is 0 Å². The summed E-state index contributed by atoms with van der Waals surface area (Å²) in [5.74, 6) is -2.59. The van der Waals surface area contributed by atoms with E-state index in [1.165, 1.54) is 6.20 Å². The van der Waals surface area contributed by atoms with E-state index in [9.17, 15) is 9.59 Å². The van der Waals surface area contributed by atoms with Crippen molar-refractivity contribution in [2.45, 2.75) is 0 Å². The molecule has 0 aliphatic carbocycles. The van der Waals surface area contributed by atoms with Gasteiger partial charge < -0.3 is 15.4 Å². The molecule has 2 rings (SSSR count). The Morgan fingerprint density at radius 3 is 3.00 bits per heavy atom. The molecule has 0 atom stereocenters. The van der Waals surface area contributed by atoms with Gasteiger partial charge in [0, 0.05) is 24.0 Å². The number of carboxylic acids is 1. The molecule has 1 amide bonds. The van der Waals surface area contributed by atoms with Crippen LogP contribution in [-0.4, -0.2) is 27.0 Å². The average Bonchev–Trinajstić information content (AvgIpc) is 2.62. The van der Waals surface area contributed by atoms with Gasteiger partial charge in [-0.25, -0.2) is 4.79 Å². The van der Waals surface area contributed by atoms with Gasteiger partial charge in [-0.3, -0.25) is 9.78 Å². The molecule has 15 heavy (non-hydrogen) atoms. The molecule has 76 valence electrons. The summed E-state index contributed by atoms with van der Waals surface area (Å²) >= 11 is 0. The first-order valence-corrected chi connectivity index (χ1v) is 4.14. The van der Waals surface area contributed by atoms with E-state index in [2.05, 4.69) is 15.3 Å². The van der Waals surface area contributed by atoms with Crippen LogP contribution in [0, 0.1) is 0 Å². The van der Waals surface area contributed by atoms with Crippen molar-refractivity contribution >= 4 is 28.5 Å². The van der Waals surface area contributed by atoms with Crippen molar-refractivity contribution in [2.24, 2.45) is 0 Å². The number of carbonyl (C=O) groups is 2. The van der Waals surface area contributed by atoms with Crippen molar-refractivity contribution in [3.8, 4) is 0 Å². The normalized spacial score (nSPS) is 10.1. The molecule has 0 bridgehead atoms. The zero-order valence-electron chi connectivity index (χ0n) is 7.52. The number of carboxylic acid groups (broad SMARTS) is 1. The number of nitrogens with zero attached hydrogens (tertiary/aromatic N) is 1. The fraction of sp³-hybridized carbons (Fsp3) is 0. The number of hydrogen-bond acceptors (Lipinski definition) is 3. The second-order valence-corrected chi connectivity index (χ2v) is 2.88. The molecule has 0 saturated heterocycles. The molecule has 2 heterocycles. The van der Waals surface area contributed by atoms with Crippen LogP contribution in [0.4, 0.5) is 5.69 Å². The third-order valence-corrected chi connectivity index (χ3v) is 1.93. The minimum Gasteiger partial charge on any atom is -0.474 e. The molecule has 2 aromatic rings. The molecule has 6 heteroatoms. The third-order valence-electron chi connectivity index (χ3n) is 1.93. The largest absolute Gasteiger partial charge is 0.474 e. The fourth-order valence-corrected chi connectivity index (χ4v) is 1.24. The Hall–Kier alpha value is -2.37. The molecule has 0 aliphatic heterocycles. The number of amides is 1. The Bertz CT molecular complexity index is 532. The van der Waals surface area contributed by atoms with E-state index in [4.69, 9.17) is 5.11 Å². The fourth-order valence-electron chi connectivity index (χ4n) is 1.24. The van der Waals surface area contributed by atoms with Crippen molar-refractivity contribution in [3.63, 3.8) is 0 Å². The van der Waals surface area contributed by atoms with Crippen molar-refractivity contribution in [1.29, 1.82) is 0 Å². The molecule has 0 fully saturated rings. The maximum absolute atomic E-state index is 10.9. The maximum Gasteiger partial charge on any atom is 0.394 e. The van der Waals surface area contributed by atoms with Crippen LogP contribution in [0.1, 0.15) is 0 Å². The highest BCUT2D eigenvalue weighted by Crippen LogP contribution is 2.21. The molecule has 0 aromatic carbocycles. The third kappa shape index (κ3) is 1.64. The van der Waals surface area contributed by atoms with Gasteiger partial charge >= 0.3 is 11.9 Å². The van der Waals surface area contributed by atoms with Crippen LogP contribution in [0.2, 0.25) is 0 Å². The Morgan fingerprint density at radius 1 is 1.47 bits per heavy atom. The monoisotopic (exact) mass is 205 g/mol. The Morgan fingerprint density at radius 2 is 2.27 bits per heavy atom. The van der Waals surface area contributed by atoms with E-state index in [-0.39, 0.29) is 0 Å². The lowest BCUT2D eigenvalue weighted by Crippen LogP contribution is -2.21. The zero-order chi connectivity index (χ0) is 10.8. The topological polar surface area (TPSA) is 95.1 Å². The standard InChI is InChI=1S/C9H7N3O3/c13-8(9(14)15)12-7-4-11-6-1-2-10-3-5(6)7/h1-4,11H,(H,12,13)(H,14,15). The highest BCUT2D eigenvalue weighted by molar-refractivity contribution is 6.37. The SMILES string of the molecule is O=C(O)C(=O)Nc1c[nH]c2ccncc12. The molecule has 0 aliphatic rings. The maximum atomic E-state index is 10.9. The Kier molecular flexibility index (Phi) is 2.09. The number of H-pyrrole nitrogens is 1. The summed E-state index contributed by atoms with van der Waals surface area (Å²) in [4.78, 5) is 28.0. The number of fused-ring (bicyclic) bond motifs is 1. The number of pyridine rings is 1. The zero-order valence-corrected chi connectivity index (χ0v) is 7.52. The molecule has 2 aromatic heterocycles. The van der Waals surface area contributed by atoms with E-state index in [1.807, 2.05) is 0 Å². The lowest BCUT2D eigenvalue weighted by molar-refractivity contribution is -0.147. The molecule has 0 saturated carbocycles. The predicted molar refractivity (Wildman–Crippen MR) is 52.4 cm³/mol. The van der Waals surface area contributed by atoms with E-state index in [0.29, 0.717) is 11.1 Å². The van der Waals surface area contributed by atoms with Gasteiger partial charge in [0.15, 0.2) is 0 Å². The molecular formula is C9H7N3O3. The summed E-state index contributed by atoms with van der Waals surface area (Å²) in [6.07, 6.45) is 4.66. The van der Waals surface area contributed by atoms with Gasteiger partial charge in [-0.05, 0) is 6.07 Å². The van der Waals surface area contributed by atoms with Crippen molar-refractivity contribution in [2.75, 3.05) is 5.32 Å². The second-order valence-electron chi connectivity index (χ2n) is 2.88. The number of hydrogen-bond donors (Lipinski definition) is 3. The van der Waals surface area contributed by atoms with Crippen LogP contribution >= 0.6 is 0 Å². The summed E-state index contributed by atoms with van der Waals surface area (Å²) in [5, 5.41) is 11.3. The summed E-state index contributed by atoms with van der Waals surface area (Å²) in [5.41, 5.74) is 1.19. The predicted octanol–water partition coefficient (Wildman–Crippen LogP) is 0.586. The number of carbonyl (C=O) groups excluding carboxylic acids is 1. The van der Waals surface area contributed by atoms with Crippen LogP contribution in [-0.2, 0) is 9.59 Å². The lowest BCUT2D eigenvalue weighted by Gasteiger charge is -1.98. The second kappa shape index (κ2) is 3.41. The Labute approximate surface area is 83.9 Å². The number of aromatic nitrogens is 2. The summed E-state index contributed by atoms with van der Waals surface area (Å²) in [6.45, 7) is 0. The minimum atomic E-state index is -1.52. The highest BCUT2D eigenvalue weighted by atomic mass is 16.4. The van der Waals surface area contributed by atoms with Crippen molar-refractivity contribution in [3.05, 3.63) is 24.7 Å². The molecular weight excluding hydrogens is 198 g/mol. The Balaban J connectivity index is 2.37. The van der Waals surface area contributed by atoms with Gasteiger partial charge in [0.25, 0.3) is 0 Å². The van der Waals surface area contributed by atoms with E-state index in [0.717, 1.165) is 5.52 Å². The van der Waals surface area contributed by atoms with E-state index in [1.54, 1.807) is 18.5 Å². The number of aromatic amines is 1. The smallest absolute Gasteiger partial charge is 0.394 e. The molecule has 0 spiro atoms. The first-order valence-electron chi connectivity index (χ1n) is 4.14. The van der Waals surface area contributed by atoms with Crippen molar-refractivity contribution < 1.29 is 14.7 Å². The van der Waals surface area contributed by atoms with Crippen LogP contribution in [0.3, 0.4) is 0 Å². The van der Waals surface area contributed by atoms with E-state index >= 15 is 0 Å². The highest BCUT2D eigenvalue weighted by Gasteiger charge is 2.13. The average molecular weight is 205 g/mol. The molecule has 0 unspecified atom stereocenters. The van der Waals surface area contributed by atoms with Gasteiger partial charge in [0.1, 0.15) is 0 Å². The van der Waals surface area contributed by atoms with Gasteiger partial charge in [-0.2, -0.15) is 0 Å². The van der Waals surface area contributed by atoms with Crippen LogP contribution in [0.25, 0.3) is 10.9 Å². The number of nitrogens with one attached hydrogen (secondary N) is 2. The van der Waals surface area contributed by atoms with Gasteiger partial charge in [-0.15, -0.1) is 0 Å². The molecule has 0 radical (unpaired) electrons. The van der Waals surface area contributed by atoms with Crippen LogP contribution in [0.5, 0.6) is 0 Å². The van der Waals surface area contributed by atoms with Crippen molar-refractivity contribution in [1.82, 2.24) is 9.97 Å². The van der Waals surface area contributed by atoms with Gasteiger partial charge in [-0.1, -0.05) is 0 Å². The summed E-state index contributed by atoms with van der Waals surface area (Å²) < 4.78 is 0. The summed E-state index contributed by atoms with van der Waals surface area (Å²) in [7, 11) is 0. The summed E-state index contributed by atoms with van der Waals surface area (Å²) in [6, 6.07) is 1.73. The van der Waals surface area contributed by atoms with Crippen LogP contribution in [0.15, 0.2) is 24.7 Å². The van der Waals surface area contributed by atoms with Crippen LogP contribution < -0.4 is 5.32 Å². The lowest BCUT2D eigenvalue weighted by atomic mass is 10.3. The minimum absolute atomic E-state index is 0.408. The van der Waals surface area contributed by atoms with E-state index < -0.39 is 11.9 Å². The first-order chi connectivity index (χ1) is 7.18.